The van der Waals surface area contributed by atoms with Gasteiger partial charge in [0, 0.05) is 73.7 Å². The molecule has 0 bridgehead atoms. The first-order chi connectivity index (χ1) is 24.1. The van der Waals surface area contributed by atoms with Gasteiger partial charge in [-0.3, -0.25) is 19.2 Å². The van der Waals surface area contributed by atoms with E-state index in [2.05, 4.69) is 25.2 Å². The molecule has 270 valence electrons. The van der Waals surface area contributed by atoms with Gasteiger partial charge in [0.15, 0.2) is 0 Å². The van der Waals surface area contributed by atoms with Gasteiger partial charge in [-0.2, -0.15) is 0 Å². The number of benzene rings is 3. The number of amides is 2. The van der Waals surface area contributed by atoms with E-state index in [4.69, 9.17) is 21.1 Å². The molecule has 0 spiro atoms. The summed E-state index contributed by atoms with van der Waals surface area (Å²) in [5.74, 6) is 0.562. The Labute approximate surface area is 308 Å². The van der Waals surface area contributed by atoms with Gasteiger partial charge in [0.2, 0.25) is 15.9 Å². The van der Waals surface area contributed by atoms with Crippen LogP contribution in [0.3, 0.4) is 0 Å². The summed E-state index contributed by atoms with van der Waals surface area (Å²) in [6, 6.07) is 23.1. The number of nitrogens with one attached hydrogen (secondary N) is 3. The van der Waals surface area contributed by atoms with Crippen LogP contribution in [-0.2, 0) is 21.3 Å². The Kier molecular flexibility index (Phi) is 12.8. The van der Waals surface area contributed by atoms with E-state index in [0.29, 0.717) is 71.5 Å². The predicted molar refractivity (Wildman–Crippen MR) is 201 cm³/mol. The number of nitrogens with zero attached hydrogens (tertiary/aromatic N) is 3. The molecule has 0 aliphatic carbocycles. The number of carbonyl (C=O) groups excluding carboxylic acids is 2. The zero-order valence-corrected chi connectivity index (χ0v) is 30.4. The molecule has 0 atom stereocenters. The first kappa shape index (κ1) is 37.8. The lowest BCUT2D eigenvalue weighted by Gasteiger charge is -2.32. The standard InChI is InChI=1S/C36H39ClN6O6S.ClH/c1-50(46,47)41-29-7-10-31(11-8-29)49-34-13-2-25(23-38-34)24-42-16-14-28(15-17-42)39-27-5-3-26(4-6-27)35(44)40-30-9-12-33(37)32(22-30)36(45)43-18-20-48-21-19-43;/h2-13,22-23,28,39,41H,14-21,24H2,1H3,(H,40,44);1H. The molecule has 1 aromatic heterocycles. The summed E-state index contributed by atoms with van der Waals surface area (Å²) >= 11 is 6.33. The Morgan fingerprint density at radius 3 is 2.22 bits per heavy atom. The minimum atomic E-state index is -3.34. The summed E-state index contributed by atoms with van der Waals surface area (Å²) in [5, 5.41) is 6.82. The van der Waals surface area contributed by atoms with Crippen LogP contribution in [0.4, 0.5) is 17.1 Å². The number of carbonyl (C=O) groups is 2. The van der Waals surface area contributed by atoms with Crippen molar-refractivity contribution in [2.75, 3.05) is 61.0 Å². The highest BCUT2D eigenvalue weighted by Crippen LogP contribution is 2.25. The van der Waals surface area contributed by atoms with Crippen molar-refractivity contribution in [2.24, 2.45) is 0 Å². The van der Waals surface area contributed by atoms with E-state index in [1.807, 2.05) is 30.5 Å². The molecule has 3 N–H and O–H groups in total. The number of piperidine rings is 1. The molecule has 2 amide bonds. The van der Waals surface area contributed by atoms with Crippen LogP contribution in [0.5, 0.6) is 11.6 Å². The third kappa shape index (κ3) is 10.8. The van der Waals surface area contributed by atoms with Crippen molar-refractivity contribution < 1.29 is 27.5 Å². The zero-order chi connectivity index (χ0) is 35.1. The molecule has 2 fully saturated rings. The van der Waals surface area contributed by atoms with Gasteiger partial charge in [-0.05, 0) is 85.1 Å². The highest BCUT2D eigenvalue weighted by Gasteiger charge is 2.22. The van der Waals surface area contributed by atoms with Crippen LogP contribution in [0.2, 0.25) is 5.02 Å². The Bertz CT molecular complexity index is 1900. The minimum Gasteiger partial charge on any atom is -0.439 e. The average molecular weight is 756 g/mol. The van der Waals surface area contributed by atoms with Crippen LogP contribution in [0.25, 0.3) is 0 Å². The van der Waals surface area contributed by atoms with E-state index in [1.165, 1.54) is 0 Å². The van der Waals surface area contributed by atoms with Crippen molar-refractivity contribution >= 4 is 62.9 Å². The van der Waals surface area contributed by atoms with Crippen LogP contribution in [-0.4, -0.2) is 86.7 Å². The number of anilines is 3. The lowest BCUT2D eigenvalue weighted by molar-refractivity contribution is 0.0303. The molecule has 51 heavy (non-hydrogen) atoms. The Balaban J connectivity index is 0.00000504. The zero-order valence-electron chi connectivity index (χ0n) is 28.0. The summed E-state index contributed by atoms with van der Waals surface area (Å²) in [6.45, 7) is 4.64. The monoisotopic (exact) mass is 754 g/mol. The summed E-state index contributed by atoms with van der Waals surface area (Å²) < 4.78 is 36.3. The highest BCUT2D eigenvalue weighted by atomic mass is 35.5. The second kappa shape index (κ2) is 17.2. The molecule has 6 rings (SSSR count). The van der Waals surface area contributed by atoms with Crippen molar-refractivity contribution in [3.05, 3.63) is 107 Å². The Morgan fingerprint density at radius 1 is 0.902 bits per heavy atom. The van der Waals surface area contributed by atoms with Crippen molar-refractivity contribution in [1.29, 1.82) is 0 Å². The van der Waals surface area contributed by atoms with E-state index in [-0.39, 0.29) is 24.2 Å². The molecule has 4 aromatic rings. The number of likely N-dealkylation sites (tertiary alicyclic amines) is 1. The number of aromatic nitrogens is 1. The average Bonchev–Trinajstić information content (AvgIpc) is 3.11. The maximum Gasteiger partial charge on any atom is 0.255 e. The third-order valence-electron chi connectivity index (χ3n) is 8.44. The predicted octanol–water partition coefficient (Wildman–Crippen LogP) is 6.12. The summed E-state index contributed by atoms with van der Waals surface area (Å²) in [6.07, 6.45) is 4.87. The molecule has 2 aliphatic rings. The summed E-state index contributed by atoms with van der Waals surface area (Å²) in [4.78, 5) is 34.5. The van der Waals surface area contributed by atoms with Crippen LogP contribution < -0.4 is 20.1 Å². The maximum atomic E-state index is 13.0. The first-order valence-electron chi connectivity index (χ1n) is 16.4. The molecule has 2 saturated heterocycles. The number of morpholine rings is 1. The van der Waals surface area contributed by atoms with Crippen molar-refractivity contribution in [1.82, 2.24) is 14.8 Å². The van der Waals surface area contributed by atoms with E-state index < -0.39 is 10.0 Å². The third-order valence-corrected chi connectivity index (χ3v) is 9.38. The fourth-order valence-electron chi connectivity index (χ4n) is 5.84. The van der Waals surface area contributed by atoms with Crippen molar-refractivity contribution in [3.8, 4) is 11.6 Å². The molecule has 12 nitrogen and oxygen atoms in total. The topological polar surface area (TPSA) is 142 Å². The van der Waals surface area contributed by atoms with E-state index >= 15 is 0 Å². The maximum absolute atomic E-state index is 13.0. The fraction of sp³-hybridized carbons (Fsp3) is 0.306. The van der Waals surface area contributed by atoms with Gasteiger partial charge in [0.05, 0.1) is 30.1 Å². The van der Waals surface area contributed by atoms with Gasteiger partial charge in [0.25, 0.3) is 11.8 Å². The molecular weight excluding hydrogens is 715 g/mol. The van der Waals surface area contributed by atoms with Gasteiger partial charge in [0.1, 0.15) is 5.75 Å². The molecule has 15 heteroatoms. The van der Waals surface area contributed by atoms with Gasteiger partial charge < -0.3 is 25.0 Å². The Hall–Kier alpha value is -4.40. The van der Waals surface area contributed by atoms with Gasteiger partial charge in [-0.15, -0.1) is 12.4 Å². The molecule has 0 unspecified atom stereocenters. The van der Waals surface area contributed by atoms with Crippen molar-refractivity contribution in [2.45, 2.75) is 25.4 Å². The molecule has 0 saturated carbocycles. The van der Waals surface area contributed by atoms with Gasteiger partial charge in [-0.25, -0.2) is 13.4 Å². The largest absolute Gasteiger partial charge is 0.439 e. The van der Waals surface area contributed by atoms with Crippen molar-refractivity contribution in [3.63, 3.8) is 0 Å². The van der Waals surface area contributed by atoms with Gasteiger partial charge in [-0.1, -0.05) is 17.7 Å². The van der Waals surface area contributed by atoms with Crippen LogP contribution in [0.15, 0.2) is 85.1 Å². The Morgan fingerprint density at radius 2 is 1.57 bits per heavy atom. The molecule has 2 aliphatic heterocycles. The number of halogens is 2. The lowest BCUT2D eigenvalue weighted by Crippen LogP contribution is -2.40. The number of hydrogen-bond acceptors (Lipinski definition) is 9. The normalized spacial score (nSPS) is 15.4. The fourth-order valence-corrected chi connectivity index (χ4v) is 6.61. The number of pyridine rings is 1. The summed E-state index contributed by atoms with van der Waals surface area (Å²) in [5.41, 5.74) is 3.86. The lowest BCUT2D eigenvalue weighted by atomic mass is 10.0. The number of ether oxygens (including phenoxy) is 2. The molecule has 3 heterocycles. The van der Waals surface area contributed by atoms with Gasteiger partial charge >= 0.3 is 0 Å². The second-order valence-electron chi connectivity index (χ2n) is 12.3. The van der Waals surface area contributed by atoms with Crippen LogP contribution in [0.1, 0.15) is 39.1 Å². The van der Waals surface area contributed by atoms with Crippen LogP contribution in [0, 0.1) is 0 Å². The van der Waals surface area contributed by atoms with E-state index in [9.17, 15) is 18.0 Å². The van der Waals surface area contributed by atoms with Crippen LogP contribution >= 0.6 is 24.0 Å². The number of sulfonamides is 1. The molecule has 3 aromatic carbocycles. The molecule has 0 radical (unpaired) electrons. The van der Waals surface area contributed by atoms with E-state index in [0.717, 1.165) is 50.0 Å². The molecular formula is C36H40Cl2N6O6S. The number of rotatable bonds is 11. The number of hydrogen-bond donors (Lipinski definition) is 3. The highest BCUT2D eigenvalue weighted by molar-refractivity contribution is 7.92. The first-order valence-corrected chi connectivity index (χ1v) is 18.6. The smallest absolute Gasteiger partial charge is 0.255 e. The SMILES string of the molecule is CS(=O)(=O)Nc1ccc(Oc2ccc(CN3CCC(Nc4ccc(C(=O)Nc5ccc(Cl)c(C(=O)N6CCOCC6)c5)cc4)CC3)cn2)cc1.Cl. The second-order valence-corrected chi connectivity index (χ2v) is 14.5. The summed E-state index contributed by atoms with van der Waals surface area (Å²) in [7, 11) is -3.34. The van der Waals surface area contributed by atoms with E-state index in [1.54, 1.807) is 59.5 Å². The quantitative estimate of drug-likeness (QED) is 0.165. The minimum absolute atomic E-state index is 0.